The lowest BCUT2D eigenvalue weighted by atomic mass is 10.1. The third-order valence-electron chi connectivity index (χ3n) is 2.98. The molecule has 1 heterocycles. The summed E-state index contributed by atoms with van der Waals surface area (Å²) in [5.74, 6) is -0.156. The van der Waals surface area contributed by atoms with Crippen molar-refractivity contribution in [3.8, 4) is 5.69 Å². The van der Waals surface area contributed by atoms with Crippen LogP contribution in [0.4, 0.5) is 0 Å². The smallest absolute Gasteiger partial charge is 0.251 e. The van der Waals surface area contributed by atoms with Crippen molar-refractivity contribution in [2.45, 2.75) is 25.9 Å². The van der Waals surface area contributed by atoms with Crippen LogP contribution in [0, 0.1) is 0 Å². The predicted octanol–water partition coefficient (Wildman–Crippen LogP) is 0.553. The molecule has 0 aliphatic heterocycles. The Labute approximate surface area is 116 Å². The molecule has 7 heteroatoms. The number of benzene rings is 1. The summed E-state index contributed by atoms with van der Waals surface area (Å²) >= 11 is 0. The molecule has 2 N–H and O–H groups in total. The minimum absolute atomic E-state index is 0.156. The van der Waals surface area contributed by atoms with Crippen LogP contribution in [-0.2, 0) is 0 Å². The minimum atomic E-state index is -0.363. The van der Waals surface area contributed by atoms with Crippen molar-refractivity contribution in [2.75, 3.05) is 6.54 Å². The van der Waals surface area contributed by atoms with Crippen molar-refractivity contribution in [3.63, 3.8) is 0 Å². The van der Waals surface area contributed by atoms with Gasteiger partial charge in [-0.1, -0.05) is 6.92 Å². The lowest BCUT2D eigenvalue weighted by molar-refractivity contribution is 0.0942. The van der Waals surface area contributed by atoms with Gasteiger partial charge in [0, 0.05) is 12.1 Å². The van der Waals surface area contributed by atoms with Crippen molar-refractivity contribution in [3.05, 3.63) is 36.2 Å². The summed E-state index contributed by atoms with van der Waals surface area (Å²) in [6.45, 7) is 2.37. The number of carbonyl (C=O) groups excluding carboxylic acids is 1. The van der Waals surface area contributed by atoms with E-state index in [1.54, 1.807) is 24.3 Å². The third kappa shape index (κ3) is 3.61. The molecule has 2 rings (SSSR count). The molecule has 0 saturated carbocycles. The van der Waals surface area contributed by atoms with E-state index >= 15 is 0 Å². The number of nitrogens with one attached hydrogen (secondary N) is 1. The Morgan fingerprint density at radius 1 is 1.40 bits per heavy atom. The van der Waals surface area contributed by atoms with Gasteiger partial charge < -0.3 is 10.4 Å². The van der Waals surface area contributed by atoms with Gasteiger partial charge >= 0.3 is 0 Å². The van der Waals surface area contributed by atoms with Crippen LogP contribution in [0.3, 0.4) is 0 Å². The second-order valence-electron chi connectivity index (χ2n) is 4.41. The molecule has 20 heavy (non-hydrogen) atoms. The van der Waals surface area contributed by atoms with E-state index in [1.807, 2.05) is 6.92 Å². The Morgan fingerprint density at radius 2 is 2.15 bits per heavy atom. The van der Waals surface area contributed by atoms with Crippen LogP contribution in [0.2, 0.25) is 0 Å². The molecule has 2 aromatic rings. The summed E-state index contributed by atoms with van der Waals surface area (Å²) in [5, 5.41) is 23.1. The molecule has 7 nitrogen and oxygen atoms in total. The van der Waals surface area contributed by atoms with Crippen LogP contribution in [0.1, 0.15) is 30.1 Å². The second kappa shape index (κ2) is 6.76. The topological polar surface area (TPSA) is 92.9 Å². The molecule has 1 aromatic carbocycles. The second-order valence-corrected chi connectivity index (χ2v) is 4.41. The molecule has 0 aliphatic carbocycles. The maximum atomic E-state index is 11.9. The number of aliphatic hydroxyl groups is 1. The zero-order chi connectivity index (χ0) is 14.4. The lowest BCUT2D eigenvalue weighted by Crippen LogP contribution is -2.26. The fourth-order valence-corrected chi connectivity index (χ4v) is 1.70. The average Bonchev–Trinajstić information content (AvgIpc) is 3.01. The van der Waals surface area contributed by atoms with E-state index in [9.17, 15) is 9.90 Å². The van der Waals surface area contributed by atoms with Gasteiger partial charge in [0.2, 0.25) is 0 Å². The number of aliphatic hydroxyl groups excluding tert-OH is 1. The lowest BCUT2D eigenvalue weighted by Gasteiger charge is -2.09. The third-order valence-corrected chi connectivity index (χ3v) is 2.98. The van der Waals surface area contributed by atoms with Gasteiger partial charge in [-0.25, -0.2) is 4.68 Å². The quantitative estimate of drug-likeness (QED) is 0.803. The molecule has 0 bridgehead atoms. The molecule has 0 radical (unpaired) electrons. The molecule has 1 unspecified atom stereocenters. The van der Waals surface area contributed by atoms with E-state index in [1.165, 1.54) is 11.0 Å². The molecular formula is C13H17N5O2. The summed E-state index contributed by atoms with van der Waals surface area (Å²) in [4.78, 5) is 11.9. The largest absolute Gasteiger partial charge is 0.393 e. The van der Waals surface area contributed by atoms with Crippen LogP contribution in [0.5, 0.6) is 0 Å². The van der Waals surface area contributed by atoms with Gasteiger partial charge in [-0.3, -0.25) is 4.79 Å². The first-order chi connectivity index (χ1) is 9.70. The van der Waals surface area contributed by atoms with E-state index < -0.39 is 0 Å². The molecule has 0 fully saturated rings. The number of tetrazole rings is 1. The summed E-state index contributed by atoms with van der Waals surface area (Å²) in [5.41, 5.74) is 1.35. The zero-order valence-corrected chi connectivity index (χ0v) is 11.2. The number of amides is 1. The minimum Gasteiger partial charge on any atom is -0.393 e. The summed E-state index contributed by atoms with van der Waals surface area (Å²) in [6.07, 6.45) is 2.38. The Hall–Kier alpha value is -2.28. The average molecular weight is 275 g/mol. The van der Waals surface area contributed by atoms with Gasteiger partial charge in [0.25, 0.3) is 5.91 Å². The maximum absolute atomic E-state index is 11.9. The first kappa shape index (κ1) is 14.1. The van der Waals surface area contributed by atoms with Crippen molar-refractivity contribution in [2.24, 2.45) is 0 Å². The van der Waals surface area contributed by atoms with Gasteiger partial charge in [-0.05, 0) is 47.5 Å². The number of hydrogen-bond acceptors (Lipinski definition) is 5. The van der Waals surface area contributed by atoms with Crippen LogP contribution >= 0.6 is 0 Å². The monoisotopic (exact) mass is 275 g/mol. The van der Waals surface area contributed by atoms with E-state index in [-0.39, 0.29) is 12.0 Å². The number of aromatic nitrogens is 4. The van der Waals surface area contributed by atoms with Crippen LogP contribution < -0.4 is 5.32 Å². The molecule has 1 aromatic heterocycles. The summed E-state index contributed by atoms with van der Waals surface area (Å²) in [7, 11) is 0. The highest BCUT2D eigenvalue weighted by Gasteiger charge is 2.07. The van der Waals surface area contributed by atoms with Crippen molar-refractivity contribution in [1.82, 2.24) is 25.5 Å². The first-order valence-electron chi connectivity index (χ1n) is 6.50. The Kier molecular flexibility index (Phi) is 4.78. The van der Waals surface area contributed by atoms with Crippen LogP contribution in [0.15, 0.2) is 30.6 Å². The molecule has 0 aliphatic rings. The van der Waals surface area contributed by atoms with Crippen LogP contribution in [-0.4, -0.2) is 43.9 Å². The number of rotatable bonds is 6. The molecular weight excluding hydrogens is 258 g/mol. The summed E-state index contributed by atoms with van der Waals surface area (Å²) < 4.78 is 1.51. The summed E-state index contributed by atoms with van der Waals surface area (Å²) in [6, 6.07) is 6.96. The fraction of sp³-hybridized carbons (Fsp3) is 0.385. The molecule has 0 spiro atoms. The van der Waals surface area contributed by atoms with Crippen molar-refractivity contribution >= 4 is 5.91 Å². The van der Waals surface area contributed by atoms with Gasteiger partial charge in [0.1, 0.15) is 6.33 Å². The fourth-order valence-electron chi connectivity index (χ4n) is 1.70. The first-order valence-corrected chi connectivity index (χ1v) is 6.50. The Morgan fingerprint density at radius 3 is 2.75 bits per heavy atom. The standard InChI is InChI=1S/C13H17N5O2/c1-2-12(19)7-8-14-13(20)10-3-5-11(6-4-10)18-9-15-16-17-18/h3-6,9,12,19H,2,7-8H2,1H3,(H,14,20). The van der Waals surface area contributed by atoms with Crippen LogP contribution in [0.25, 0.3) is 5.69 Å². The van der Waals surface area contributed by atoms with Gasteiger partial charge in [-0.2, -0.15) is 0 Å². The maximum Gasteiger partial charge on any atom is 0.251 e. The van der Waals surface area contributed by atoms with Gasteiger partial charge in [0.15, 0.2) is 0 Å². The van der Waals surface area contributed by atoms with E-state index in [0.717, 1.165) is 5.69 Å². The number of nitrogens with zero attached hydrogens (tertiary/aromatic N) is 4. The van der Waals surface area contributed by atoms with Crippen molar-refractivity contribution < 1.29 is 9.90 Å². The van der Waals surface area contributed by atoms with Crippen molar-refractivity contribution in [1.29, 1.82) is 0 Å². The zero-order valence-electron chi connectivity index (χ0n) is 11.2. The number of carbonyl (C=O) groups is 1. The molecule has 0 saturated heterocycles. The number of hydrogen-bond donors (Lipinski definition) is 2. The molecule has 106 valence electrons. The van der Waals surface area contributed by atoms with E-state index in [0.29, 0.717) is 24.9 Å². The van der Waals surface area contributed by atoms with E-state index in [4.69, 9.17) is 0 Å². The molecule has 1 amide bonds. The highest BCUT2D eigenvalue weighted by atomic mass is 16.3. The SMILES string of the molecule is CCC(O)CCNC(=O)c1ccc(-n2cnnn2)cc1. The van der Waals surface area contributed by atoms with E-state index in [2.05, 4.69) is 20.8 Å². The molecule has 1 atom stereocenters. The van der Waals surface area contributed by atoms with Gasteiger partial charge in [0.05, 0.1) is 11.8 Å². The highest BCUT2D eigenvalue weighted by Crippen LogP contribution is 2.07. The Bertz CT molecular complexity index is 538. The Balaban J connectivity index is 1.91. The normalized spacial score (nSPS) is 12.1. The van der Waals surface area contributed by atoms with Gasteiger partial charge in [-0.15, -0.1) is 5.10 Å². The predicted molar refractivity (Wildman–Crippen MR) is 72.4 cm³/mol. The highest BCUT2D eigenvalue weighted by molar-refractivity contribution is 5.94.